The number of urea groups is 1. The van der Waals surface area contributed by atoms with Crippen LogP contribution in [0, 0.1) is 11.3 Å². The van der Waals surface area contributed by atoms with Gasteiger partial charge in [-0.15, -0.1) is 0 Å². The van der Waals surface area contributed by atoms with Gasteiger partial charge in [0.25, 0.3) is 0 Å². The van der Waals surface area contributed by atoms with E-state index in [9.17, 15) is 14.4 Å². The number of likely N-dealkylation sites (tertiary alicyclic amines) is 1. The molecule has 4 amide bonds. The van der Waals surface area contributed by atoms with Crippen molar-refractivity contribution >= 4 is 23.7 Å². The summed E-state index contributed by atoms with van der Waals surface area (Å²) in [6.07, 6.45) is 2.78. The summed E-state index contributed by atoms with van der Waals surface area (Å²) in [6.45, 7) is 3.35. The third-order valence-corrected chi connectivity index (χ3v) is 6.36. The third-order valence-electron chi connectivity index (χ3n) is 6.36. The number of benzene rings is 1. The van der Waals surface area contributed by atoms with Crippen molar-refractivity contribution in [3.8, 4) is 0 Å². The minimum absolute atomic E-state index is 0.0378. The standard InChI is InChI=1S/C22H29N5O4/c1-15(28)25-11-5-8-17(12-25)21(29)24-20(23)19-10-9-18-13-26(19)22(30)27(18)31-14-16-6-3-2-4-7-16/h2-4,6-7,17-19H,5,8-14H2,1H3,(H2,23,24,29)/t17-,18-,19+/m1/s1. The summed E-state index contributed by atoms with van der Waals surface area (Å²) < 4.78 is 0. The first kappa shape index (κ1) is 21.3. The van der Waals surface area contributed by atoms with Crippen LogP contribution in [-0.2, 0) is 21.0 Å². The highest BCUT2D eigenvalue weighted by molar-refractivity contribution is 6.01. The summed E-state index contributed by atoms with van der Waals surface area (Å²) in [5.74, 6) is -0.568. The number of amidine groups is 1. The first-order valence-corrected chi connectivity index (χ1v) is 10.9. The fourth-order valence-electron chi connectivity index (χ4n) is 4.61. The van der Waals surface area contributed by atoms with Crippen LogP contribution in [0.5, 0.6) is 0 Å². The van der Waals surface area contributed by atoms with Gasteiger partial charge in [-0.25, -0.2) is 4.79 Å². The minimum atomic E-state index is -0.467. The summed E-state index contributed by atoms with van der Waals surface area (Å²) in [7, 11) is 0. The van der Waals surface area contributed by atoms with E-state index in [-0.39, 0.29) is 35.6 Å². The Labute approximate surface area is 181 Å². The van der Waals surface area contributed by atoms with Gasteiger partial charge in [-0.05, 0) is 31.2 Å². The van der Waals surface area contributed by atoms with Gasteiger partial charge >= 0.3 is 6.03 Å². The number of rotatable bonds is 5. The van der Waals surface area contributed by atoms with Crippen LogP contribution in [0.3, 0.4) is 0 Å². The SMILES string of the molecule is CC(=O)N1CCC[C@@H](C(=O)NC(=N)[C@@H]2CC[C@@H]3CN2C(=O)N3OCc2ccccc2)C1. The van der Waals surface area contributed by atoms with Crippen LogP contribution in [0.1, 0.15) is 38.2 Å². The molecule has 1 aromatic rings. The van der Waals surface area contributed by atoms with Crippen LogP contribution in [0.2, 0.25) is 0 Å². The predicted molar refractivity (Wildman–Crippen MR) is 113 cm³/mol. The normalized spacial score (nSPS) is 25.5. The molecular formula is C22H29N5O4. The van der Waals surface area contributed by atoms with Gasteiger partial charge in [-0.2, -0.15) is 5.06 Å². The van der Waals surface area contributed by atoms with Crippen molar-refractivity contribution in [2.45, 2.75) is 51.3 Å². The molecule has 3 aliphatic rings. The van der Waals surface area contributed by atoms with E-state index in [1.54, 1.807) is 9.80 Å². The average Bonchev–Trinajstić information content (AvgIpc) is 3.02. The zero-order chi connectivity index (χ0) is 22.0. The number of hydrogen-bond donors (Lipinski definition) is 2. The van der Waals surface area contributed by atoms with E-state index < -0.39 is 6.04 Å². The summed E-state index contributed by atoms with van der Waals surface area (Å²) in [4.78, 5) is 46.3. The number of carbonyl (C=O) groups excluding carboxylic acids is 3. The Balaban J connectivity index is 1.33. The van der Waals surface area contributed by atoms with Crippen LogP contribution >= 0.6 is 0 Å². The van der Waals surface area contributed by atoms with Crippen LogP contribution in [0.25, 0.3) is 0 Å². The number of fused-ring (bicyclic) bond motifs is 2. The molecule has 1 aromatic carbocycles. The zero-order valence-electron chi connectivity index (χ0n) is 17.8. The summed E-state index contributed by atoms with van der Waals surface area (Å²) in [6, 6.07) is 8.90. The lowest BCUT2D eigenvalue weighted by molar-refractivity contribution is -0.140. The minimum Gasteiger partial charge on any atom is -0.342 e. The van der Waals surface area contributed by atoms with Crippen molar-refractivity contribution in [3.05, 3.63) is 35.9 Å². The first-order chi connectivity index (χ1) is 14.9. The van der Waals surface area contributed by atoms with Crippen molar-refractivity contribution in [2.75, 3.05) is 19.6 Å². The third kappa shape index (κ3) is 4.56. The maximum atomic E-state index is 12.9. The molecular weight excluding hydrogens is 398 g/mol. The Morgan fingerprint density at radius 1 is 1.16 bits per heavy atom. The van der Waals surface area contributed by atoms with Gasteiger partial charge < -0.3 is 15.1 Å². The van der Waals surface area contributed by atoms with Gasteiger partial charge in [-0.1, -0.05) is 30.3 Å². The fourth-order valence-corrected chi connectivity index (χ4v) is 4.61. The van der Waals surface area contributed by atoms with Gasteiger partial charge in [0.2, 0.25) is 11.8 Å². The molecule has 31 heavy (non-hydrogen) atoms. The van der Waals surface area contributed by atoms with Crippen LogP contribution in [-0.4, -0.2) is 70.3 Å². The van der Waals surface area contributed by atoms with E-state index in [0.717, 1.165) is 12.0 Å². The van der Waals surface area contributed by atoms with Crippen LogP contribution in [0.4, 0.5) is 4.79 Å². The lowest BCUT2D eigenvalue weighted by Crippen LogP contribution is -2.53. The van der Waals surface area contributed by atoms with Gasteiger partial charge in [-0.3, -0.25) is 19.8 Å². The molecule has 9 heteroatoms. The molecule has 0 spiro atoms. The van der Waals surface area contributed by atoms with Crippen molar-refractivity contribution in [3.63, 3.8) is 0 Å². The molecule has 3 saturated heterocycles. The highest BCUT2D eigenvalue weighted by Gasteiger charge is 2.47. The van der Waals surface area contributed by atoms with Gasteiger partial charge in [0.1, 0.15) is 12.4 Å². The second-order valence-electron chi connectivity index (χ2n) is 8.47. The second kappa shape index (κ2) is 9.05. The van der Waals surface area contributed by atoms with Crippen LogP contribution in [0.15, 0.2) is 30.3 Å². The molecule has 3 heterocycles. The monoisotopic (exact) mass is 427 g/mol. The number of amides is 4. The quantitative estimate of drug-likeness (QED) is 0.551. The Hall–Kier alpha value is -2.94. The van der Waals surface area contributed by atoms with Crippen LogP contribution < -0.4 is 5.32 Å². The summed E-state index contributed by atoms with van der Waals surface area (Å²) in [5, 5.41) is 12.6. The summed E-state index contributed by atoms with van der Waals surface area (Å²) >= 11 is 0. The van der Waals surface area contributed by atoms with E-state index in [2.05, 4.69) is 5.32 Å². The number of nitrogens with zero attached hydrogens (tertiary/aromatic N) is 3. The number of piperidine rings is 2. The molecule has 9 nitrogen and oxygen atoms in total. The Morgan fingerprint density at radius 2 is 1.94 bits per heavy atom. The second-order valence-corrected chi connectivity index (χ2v) is 8.47. The predicted octanol–water partition coefficient (Wildman–Crippen LogP) is 1.74. The molecule has 3 atom stereocenters. The Bertz CT molecular complexity index is 861. The fraction of sp³-hybridized carbons (Fsp3) is 0.545. The highest BCUT2D eigenvalue weighted by atomic mass is 16.7. The lowest BCUT2D eigenvalue weighted by atomic mass is 9.96. The van der Waals surface area contributed by atoms with Crippen molar-refractivity contribution < 1.29 is 19.2 Å². The maximum Gasteiger partial charge on any atom is 0.344 e. The molecule has 0 aromatic heterocycles. The van der Waals surface area contributed by atoms with Crippen molar-refractivity contribution in [1.82, 2.24) is 20.2 Å². The molecule has 0 radical (unpaired) electrons. The molecule has 4 rings (SSSR count). The van der Waals surface area contributed by atoms with Gasteiger partial charge in [0.05, 0.1) is 18.0 Å². The van der Waals surface area contributed by atoms with E-state index >= 15 is 0 Å². The van der Waals surface area contributed by atoms with Gasteiger partial charge in [0.15, 0.2) is 0 Å². The number of carbonyl (C=O) groups is 3. The van der Waals surface area contributed by atoms with Gasteiger partial charge in [0, 0.05) is 26.6 Å². The Morgan fingerprint density at radius 3 is 2.68 bits per heavy atom. The summed E-state index contributed by atoms with van der Waals surface area (Å²) in [5.41, 5.74) is 0.982. The molecule has 3 fully saturated rings. The molecule has 0 aliphatic carbocycles. The van der Waals surface area contributed by atoms with E-state index in [4.69, 9.17) is 10.2 Å². The average molecular weight is 428 g/mol. The number of hydrogen-bond acceptors (Lipinski definition) is 5. The lowest BCUT2D eigenvalue weighted by Gasteiger charge is -2.33. The zero-order valence-corrected chi connectivity index (χ0v) is 17.8. The molecule has 0 unspecified atom stereocenters. The maximum absolute atomic E-state index is 12.9. The van der Waals surface area contributed by atoms with E-state index in [1.807, 2.05) is 30.3 Å². The molecule has 166 valence electrons. The van der Waals surface area contributed by atoms with Crippen molar-refractivity contribution in [2.24, 2.45) is 5.92 Å². The van der Waals surface area contributed by atoms with Crippen molar-refractivity contribution in [1.29, 1.82) is 5.41 Å². The molecule has 2 N–H and O–H groups in total. The smallest absolute Gasteiger partial charge is 0.342 e. The Kier molecular flexibility index (Phi) is 6.22. The first-order valence-electron chi connectivity index (χ1n) is 10.9. The van der Waals surface area contributed by atoms with E-state index in [1.165, 1.54) is 12.0 Å². The van der Waals surface area contributed by atoms with E-state index in [0.29, 0.717) is 45.5 Å². The highest BCUT2D eigenvalue weighted by Crippen LogP contribution is 2.30. The molecule has 0 saturated carbocycles. The largest absolute Gasteiger partial charge is 0.344 e. The topological polar surface area (TPSA) is 106 Å². The molecule has 3 aliphatic heterocycles. The molecule has 2 bridgehead atoms. The number of hydroxylamine groups is 2. The number of nitrogens with one attached hydrogen (secondary N) is 2.